The molecule has 0 aromatic heterocycles. The highest BCUT2D eigenvalue weighted by atomic mass is 32.1. The average molecular weight is 251 g/mol. The van der Waals surface area contributed by atoms with Crippen LogP contribution < -0.4 is 0 Å². The first-order valence-corrected chi connectivity index (χ1v) is 6.21. The van der Waals surface area contributed by atoms with Crippen LogP contribution in [0.4, 0.5) is 0 Å². The molecule has 1 saturated heterocycles. The van der Waals surface area contributed by atoms with Crippen molar-refractivity contribution < 1.29 is 9.84 Å². The predicted molar refractivity (Wildman–Crippen MR) is 71.4 cm³/mol. The van der Waals surface area contributed by atoms with Crippen LogP contribution in [-0.4, -0.2) is 40.3 Å². The van der Waals surface area contributed by atoms with E-state index in [4.69, 9.17) is 17.0 Å². The maximum atomic E-state index is 9.80. The third-order valence-electron chi connectivity index (χ3n) is 2.84. The third kappa shape index (κ3) is 2.76. The fourth-order valence-corrected chi connectivity index (χ4v) is 2.49. The molecule has 1 aliphatic rings. The summed E-state index contributed by atoms with van der Waals surface area (Å²) in [6.45, 7) is 5.63. The Balaban J connectivity index is 2.17. The molecule has 0 radical (unpaired) electrons. The zero-order valence-electron chi connectivity index (χ0n) is 10.1. The molecule has 1 aromatic carbocycles. The molecule has 17 heavy (non-hydrogen) atoms. The minimum atomic E-state index is 0.169. The van der Waals surface area contributed by atoms with Gasteiger partial charge < -0.3 is 14.7 Å². The molecule has 0 bridgehead atoms. The van der Waals surface area contributed by atoms with Crippen molar-refractivity contribution in [2.24, 2.45) is 0 Å². The number of para-hydroxylation sites is 1. The predicted octanol–water partition coefficient (Wildman–Crippen LogP) is 2.18. The van der Waals surface area contributed by atoms with Crippen molar-refractivity contribution >= 4 is 17.2 Å². The number of benzene rings is 1. The second-order valence-corrected chi connectivity index (χ2v) is 4.87. The van der Waals surface area contributed by atoms with Crippen molar-refractivity contribution in [1.29, 1.82) is 0 Å². The number of morpholine rings is 1. The van der Waals surface area contributed by atoms with E-state index in [0.29, 0.717) is 4.99 Å². The summed E-state index contributed by atoms with van der Waals surface area (Å²) < 4.78 is 5.67. The Morgan fingerprint density at radius 3 is 2.47 bits per heavy atom. The monoisotopic (exact) mass is 251 g/mol. The lowest BCUT2D eigenvalue weighted by Crippen LogP contribution is -2.47. The van der Waals surface area contributed by atoms with E-state index >= 15 is 0 Å². The van der Waals surface area contributed by atoms with E-state index in [1.807, 2.05) is 26.0 Å². The first-order valence-electron chi connectivity index (χ1n) is 5.80. The van der Waals surface area contributed by atoms with Crippen LogP contribution in [0.3, 0.4) is 0 Å². The Morgan fingerprint density at radius 2 is 1.88 bits per heavy atom. The molecule has 2 atom stereocenters. The first kappa shape index (κ1) is 12.3. The Labute approximate surface area is 107 Å². The van der Waals surface area contributed by atoms with E-state index < -0.39 is 0 Å². The zero-order chi connectivity index (χ0) is 12.4. The number of phenols is 1. The van der Waals surface area contributed by atoms with Crippen LogP contribution in [0.5, 0.6) is 5.75 Å². The number of phenolic OH excluding ortho intramolecular Hbond substituents is 1. The van der Waals surface area contributed by atoms with Gasteiger partial charge in [0.25, 0.3) is 0 Å². The van der Waals surface area contributed by atoms with Gasteiger partial charge in [0.05, 0.1) is 17.8 Å². The van der Waals surface area contributed by atoms with E-state index in [-0.39, 0.29) is 18.0 Å². The van der Waals surface area contributed by atoms with Crippen LogP contribution in [0.15, 0.2) is 24.3 Å². The molecule has 92 valence electrons. The smallest absolute Gasteiger partial charge is 0.125 e. The lowest BCUT2D eigenvalue weighted by atomic mass is 10.1. The number of rotatable bonds is 1. The number of hydrogen-bond donors (Lipinski definition) is 1. The number of ether oxygens (including phenoxy) is 1. The van der Waals surface area contributed by atoms with Gasteiger partial charge in [0.2, 0.25) is 0 Å². The molecular weight excluding hydrogens is 234 g/mol. The maximum Gasteiger partial charge on any atom is 0.125 e. The summed E-state index contributed by atoms with van der Waals surface area (Å²) in [6.07, 6.45) is 0.338. The Hall–Kier alpha value is -1.13. The highest BCUT2D eigenvalue weighted by molar-refractivity contribution is 7.80. The van der Waals surface area contributed by atoms with Gasteiger partial charge >= 0.3 is 0 Å². The van der Waals surface area contributed by atoms with Crippen molar-refractivity contribution in [3.63, 3.8) is 0 Å². The van der Waals surface area contributed by atoms with Crippen LogP contribution in [0.25, 0.3) is 0 Å². The van der Waals surface area contributed by atoms with Gasteiger partial charge in [-0.15, -0.1) is 0 Å². The third-order valence-corrected chi connectivity index (χ3v) is 3.32. The van der Waals surface area contributed by atoms with E-state index in [1.165, 1.54) is 0 Å². The largest absolute Gasteiger partial charge is 0.507 e. The molecule has 1 aromatic rings. The fourth-order valence-electron chi connectivity index (χ4n) is 2.17. The van der Waals surface area contributed by atoms with Crippen molar-refractivity contribution in [1.82, 2.24) is 4.90 Å². The molecule has 4 heteroatoms. The van der Waals surface area contributed by atoms with E-state index in [0.717, 1.165) is 18.7 Å². The quantitative estimate of drug-likeness (QED) is 0.775. The van der Waals surface area contributed by atoms with Gasteiger partial charge in [-0.25, -0.2) is 0 Å². The van der Waals surface area contributed by atoms with Gasteiger partial charge in [-0.1, -0.05) is 24.4 Å². The normalized spacial score (nSPS) is 24.7. The molecule has 0 saturated carbocycles. The maximum absolute atomic E-state index is 9.80. The first-order chi connectivity index (χ1) is 8.08. The summed E-state index contributed by atoms with van der Waals surface area (Å²) in [5.74, 6) is 0.240. The second kappa shape index (κ2) is 5.02. The number of nitrogens with zero attached hydrogens (tertiary/aromatic N) is 1. The number of thiocarbonyl (C=S) groups is 1. The minimum absolute atomic E-state index is 0.169. The van der Waals surface area contributed by atoms with Crippen LogP contribution in [0.2, 0.25) is 0 Å². The van der Waals surface area contributed by atoms with Crippen molar-refractivity contribution in [2.75, 3.05) is 13.1 Å². The summed E-state index contributed by atoms with van der Waals surface area (Å²) in [5, 5.41) is 9.80. The van der Waals surface area contributed by atoms with Crippen LogP contribution in [0.1, 0.15) is 19.4 Å². The molecule has 1 heterocycles. The zero-order valence-corrected chi connectivity index (χ0v) is 10.9. The van der Waals surface area contributed by atoms with Crippen LogP contribution >= 0.6 is 12.2 Å². The lowest BCUT2D eigenvalue weighted by Gasteiger charge is -2.37. The molecular formula is C13H17NO2S. The summed E-state index contributed by atoms with van der Waals surface area (Å²) in [5.41, 5.74) is 0.726. The Morgan fingerprint density at radius 1 is 1.29 bits per heavy atom. The molecule has 2 rings (SSSR count). The molecule has 0 amide bonds. The summed E-state index contributed by atoms with van der Waals surface area (Å²) in [4.78, 5) is 2.80. The summed E-state index contributed by atoms with van der Waals surface area (Å²) in [7, 11) is 0. The molecule has 0 aliphatic carbocycles. The minimum Gasteiger partial charge on any atom is -0.507 e. The summed E-state index contributed by atoms with van der Waals surface area (Å²) in [6, 6.07) is 7.19. The molecule has 0 spiro atoms. The van der Waals surface area contributed by atoms with Gasteiger partial charge in [0.15, 0.2) is 0 Å². The standard InChI is InChI=1S/C13H17NO2S/c1-9-7-14(8-10(2)16-9)13(17)11-5-3-4-6-12(11)15/h3-6,9-10,15H,7-8H2,1-2H3/t9-,10-/m1/s1. The molecule has 1 fully saturated rings. The topological polar surface area (TPSA) is 32.7 Å². The van der Waals surface area contributed by atoms with Gasteiger partial charge in [-0.2, -0.15) is 0 Å². The molecule has 1 N–H and O–H groups in total. The number of aromatic hydroxyl groups is 1. The number of hydrogen-bond acceptors (Lipinski definition) is 3. The second-order valence-electron chi connectivity index (χ2n) is 4.48. The van der Waals surface area contributed by atoms with Crippen LogP contribution in [-0.2, 0) is 4.74 Å². The van der Waals surface area contributed by atoms with Gasteiger partial charge in [-0.3, -0.25) is 0 Å². The van der Waals surface area contributed by atoms with Crippen molar-refractivity contribution in [2.45, 2.75) is 26.1 Å². The van der Waals surface area contributed by atoms with Gasteiger partial charge in [0, 0.05) is 13.1 Å². The van der Waals surface area contributed by atoms with E-state index in [2.05, 4.69) is 4.90 Å². The SMILES string of the molecule is C[C@@H]1CN(C(=S)c2ccccc2O)C[C@@H](C)O1. The van der Waals surface area contributed by atoms with Crippen LogP contribution in [0, 0.1) is 0 Å². The van der Waals surface area contributed by atoms with Crippen molar-refractivity contribution in [3.05, 3.63) is 29.8 Å². The van der Waals surface area contributed by atoms with Crippen molar-refractivity contribution in [3.8, 4) is 5.75 Å². The highest BCUT2D eigenvalue weighted by Crippen LogP contribution is 2.21. The molecule has 3 nitrogen and oxygen atoms in total. The lowest BCUT2D eigenvalue weighted by molar-refractivity contribution is -0.0472. The molecule has 0 unspecified atom stereocenters. The Bertz CT molecular complexity index is 412. The van der Waals surface area contributed by atoms with Gasteiger partial charge in [0.1, 0.15) is 10.7 Å². The highest BCUT2D eigenvalue weighted by Gasteiger charge is 2.25. The summed E-state index contributed by atoms with van der Waals surface area (Å²) >= 11 is 5.44. The fraction of sp³-hybridized carbons (Fsp3) is 0.462. The van der Waals surface area contributed by atoms with E-state index in [9.17, 15) is 5.11 Å². The average Bonchev–Trinajstić information content (AvgIpc) is 2.27. The molecule has 1 aliphatic heterocycles. The Kier molecular flexibility index (Phi) is 3.64. The van der Waals surface area contributed by atoms with Gasteiger partial charge in [-0.05, 0) is 26.0 Å². The van der Waals surface area contributed by atoms with E-state index in [1.54, 1.807) is 12.1 Å².